The van der Waals surface area contributed by atoms with E-state index in [4.69, 9.17) is 0 Å². The van der Waals surface area contributed by atoms with Gasteiger partial charge < -0.3 is 10.0 Å². The lowest BCUT2D eigenvalue weighted by atomic mass is 9.96. The first kappa shape index (κ1) is 14.9. The number of nitrogens with zero attached hydrogens (tertiary/aromatic N) is 1. The Labute approximate surface area is 123 Å². The lowest BCUT2D eigenvalue weighted by Gasteiger charge is -2.34. The summed E-state index contributed by atoms with van der Waals surface area (Å²) in [4.78, 5) is 26.0. The summed E-state index contributed by atoms with van der Waals surface area (Å²) >= 11 is 1.83. The minimum Gasteiger partial charge on any atom is -0.478 e. The number of amides is 1. The Morgan fingerprint density at radius 3 is 2.40 bits per heavy atom. The second-order valence-corrected chi connectivity index (χ2v) is 6.33. The number of carbonyl (C=O) groups is 2. The predicted octanol–water partition coefficient (Wildman–Crippen LogP) is 2.58. The van der Waals surface area contributed by atoms with Gasteiger partial charge in [0.05, 0.1) is 11.1 Å². The molecule has 1 unspecified atom stereocenters. The molecule has 0 saturated carbocycles. The van der Waals surface area contributed by atoms with Gasteiger partial charge >= 0.3 is 5.97 Å². The molecule has 0 spiro atoms. The SMILES string of the molecule is Cc1ccc(C)c(C(=O)N2CCSCC2C)c1C(=O)O. The number of carboxylic acids is 1. The second kappa shape index (κ2) is 5.87. The molecule has 108 valence electrons. The van der Waals surface area contributed by atoms with E-state index < -0.39 is 5.97 Å². The van der Waals surface area contributed by atoms with Crippen molar-refractivity contribution >= 4 is 23.6 Å². The summed E-state index contributed by atoms with van der Waals surface area (Å²) in [5, 5.41) is 9.41. The number of thioether (sulfide) groups is 1. The maximum absolute atomic E-state index is 12.8. The fraction of sp³-hybridized carbons (Fsp3) is 0.467. The summed E-state index contributed by atoms with van der Waals surface area (Å²) in [5.41, 5.74) is 1.84. The van der Waals surface area contributed by atoms with Gasteiger partial charge in [-0.05, 0) is 31.9 Å². The zero-order valence-corrected chi connectivity index (χ0v) is 12.8. The van der Waals surface area contributed by atoms with Gasteiger partial charge in [0.2, 0.25) is 0 Å². The number of hydrogen-bond acceptors (Lipinski definition) is 3. The predicted molar refractivity (Wildman–Crippen MR) is 80.7 cm³/mol. The molecule has 5 heteroatoms. The van der Waals surface area contributed by atoms with Crippen LogP contribution in [0.25, 0.3) is 0 Å². The fourth-order valence-electron chi connectivity index (χ4n) is 2.53. The number of hydrogen-bond donors (Lipinski definition) is 1. The van der Waals surface area contributed by atoms with E-state index in [-0.39, 0.29) is 17.5 Å². The molecule has 1 N–H and O–H groups in total. The summed E-state index contributed by atoms with van der Waals surface area (Å²) in [6.45, 7) is 6.21. The van der Waals surface area contributed by atoms with Gasteiger partial charge in [0.25, 0.3) is 5.91 Å². The van der Waals surface area contributed by atoms with Crippen LogP contribution in [0.2, 0.25) is 0 Å². The van der Waals surface area contributed by atoms with Crippen molar-refractivity contribution in [2.75, 3.05) is 18.1 Å². The Balaban J connectivity index is 2.48. The van der Waals surface area contributed by atoms with Gasteiger partial charge in [-0.15, -0.1) is 0 Å². The molecule has 4 nitrogen and oxygen atoms in total. The van der Waals surface area contributed by atoms with E-state index in [1.165, 1.54) is 0 Å². The molecular formula is C15H19NO3S. The molecule has 1 heterocycles. The molecule has 0 aliphatic carbocycles. The van der Waals surface area contributed by atoms with Gasteiger partial charge in [0, 0.05) is 24.1 Å². The average Bonchev–Trinajstić information content (AvgIpc) is 2.40. The van der Waals surface area contributed by atoms with Crippen LogP contribution in [0.15, 0.2) is 12.1 Å². The Morgan fingerprint density at radius 2 is 1.85 bits per heavy atom. The number of carbonyl (C=O) groups excluding carboxylic acids is 1. The maximum atomic E-state index is 12.8. The number of aryl methyl sites for hydroxylation is 2. The highest BCUT2D eigenvalue weighted by atomic mass is 32.2. The monoisotopic (exact) mass is 293 g/mol. The minimum absolute atomic E-state index is 0.139. The van der Waals surface area contributed by atoms with Crippen molar-refractivity contribution < 1.29 is 14.7 Å². The van der Waals surface area contributed by atoms with Gasteiger partial charge in [0.1, 0.15) is 0 Å². The quantitative estimate of drug-likeness (QED) is 0.910. The molecule has 1 aromatic rings. The van der Waals surface area contributed by atoms with Crippen molar-refractivity contribution in [2.24, 2.45) is 0 Å². The van der Waals surface area contributed by atoms with Crippen LogP contribution in [-0.4, -0.2) is 46.0 Å². The molecule has 1 fully saturated rings. The highest BCUT2D eigenvalue weighted by Gasteiger charge is 2.29. The number of benzene rings is 1. The van der Waals surface area contributed by atoms with Crippen LogP contribution in [0.1, 0.15) is 38.8 Å². The zero-order valence-electron chi connectivity index (χ0n) is 12.0. The van der Waals surface area contributed by atoms with E-state index in [0.29, 0.717) is 17.7 Å². The van der Waals surface area contributed by atoms with E-state index in [1.54, 1.807) is 24.8 Å². The third kappa shape index (κ3) is 2.68. The topological polar surface area (TPSA) is 57.6 Å². The van der Waals surface area contributed by atoms with Crippen molar-refractivity contribution in [3.05, 3.63) is 34.4 Å². The standard InChI is InChI=1S/C15H19NO3S/c1-9-4-5-10(2)13(15(18)19)12(9)14(17)16-6-7-20-8-11(16)3/h4-5,11H,6-8H2,1-3H3,(H,18,19). The van der Waals surface area contributed by atoms with Crippen molar-refractivity contribution in [3.63, 3.8) is 0 Å². The molecule has 2 rings (SSSR count). The van der Waals surface area contributed by atoms with Crippen molar-refractivity contribution in [3.8, 4) is 0 Å². The summed E-state index contributed by atoms with van der Waals surface area (Å²) < 4.78 is 0. The normalized spacial score (nSPS) is 18.9. The van der Waals surface area contributed by atoms with Crippen LogP contribution in [0.4, 0.5) is 0 Å². The van der Waals surface area contributed by atoms with Gasteiger partial charge in [-0.25, -0.2) is 4.79 Å². The summed E-state index contributed by atoms with van der Waals surface area (Å²) in [7, 11) is 0. The molecule has 20 heavy (non-hydrogen) atoms. The summed E-state index contributed by atoms with van der Waals surface area (Å²) in [6, 6.07) is 3.71. The molecule has 0 aromatic heterocycles. The zero-order chi connectivity index (χ0) is 14.9. The Bertz CT molecular complexity index is 556. The van der Waals surface area contributed by atoms with Gasteiger partial charge in [-0.1, -0.05) is 12.1 Å². The van der Waals surface area contributed by atoms with Crippen LogP contribution < -0.4 is 0 Å². The second-order valence-electron chi connectivity index (χ2n) is 5.18. The van der Waals surface area contributed by atoms with Gasteiger partial charge in [-0.3, -0.25) is 4.79 Å². The third-order valence-corrected chi connectivity index (χ3v) is 4.87. The molecule has 1 saturated heterocycles. The van der Waals surface area contributed by atoms with Crippen LogP contribution in [0, 0.1) is 13.8 Å². The molecule has 1 aliphatic rings. The maximum Gasteiger partial charge on any atom is 0.336 e. The highest BCUT2D eigenvalue weighted by Crippen LogP contribution is 2.24. The number of rotatable bonds is 2. The molecule has 1 aliphatic heterocycles. The molecule has 1 amide bonds. The molecule has 0 bridgehead atoms. The van der Waals surface area contributed by atoms with E-state index in [1.807, 2.05) is 24.8 Å². The van der Waals surface area contributed by atoms with Crippen molar-refractivity contribution in [1.82, 2.24) is 4.90 Å². The third-order valence-electron chi connectivity index (χ3n) is 3.68. The van der Waals surface area contributed by atoms with E-state index in [9.17, 15) is 14.7 Å². The fourth-order valence-corrected chi connectivity index (χ4v) is 3.55. The molecular weight excluding hydrogens is 274 g/mol. The minimum atomic E-state index is -1.03. The van der Waals surface area contributed by atoms with E-state index in [0.717, 1.165) is 17.1 Å². The summed E-state index contributed by atoms with van der Waals surface area (Å²) in [6.07, 6.45) is 0. The first-order valence-corrected chi connectivity index (χ1v) is 7.81. The first-order chi connectivity index (χ1) is 9.43. The number of carboxylic acid groups (broad SMARTS) is 1. The number of aromatic carboxylic acids is 1. The molecule has 0 radical (unpaired) electrons. The van der Waals surface area contributed by atoms with Crippen molar-refractivity contribution in [1.29, 1.82) is 0 Å². The lowest BCUT2D eigenvalue weighted by Crippen LogP contribution is -2.45. The molecule has 1 atom stereocenters. The Kier molecular flexibility index (Phi) is 4.38. The van der Waals surface area contributed by atoms with Crippen LogP contribution in [0.3, 0.4) is 0 Å². The smallest absolute Gasteiger partial charge is 0.336 e. The van der Waals surface area contributed by atoms with Crippen LogP contribution >= 0.6 is 11.8 Å². The van der Waals surface area contributed by atoms with Gasteiger partial charge in [0.15, 0.2) is 0 Å². The van der Waals surface area contributed by atoms with E-state index in [2.05, 4.69) is 0 Å². The first-order valence-electron chi connectivity index (χ1n) is 6.65. The Hall–Kier alpha value is -1.49. The van der Waals surface area contributed by atoms with Crippen LogP contribution in [0.5, 0.6) is 0 Å². The average molecular weight is 293 g/mol. The van der Waals surface area contributed by atoms with E-state index >= 15 is 0 Å². The highest BCUT2D eigenvalue weighted by molar-refractivity contribution is 7.99. The van der Waals surface area contributed by atoms with Crippen LogP contribution in [-0.2, 0) is 0 Å². The lowest BCUT2D eigenvalue weighted by molar-refractivity contribution is 0.0661. The Morgan fingerprint density at radius 1 is 1.25 bits per heavy atom. The van der Waals surface area contributed by atoms with Crippen molar-refractivity contribution in [2.45, 2.75) is 26.8 Å². The largest absolute Gasteiger partial charge is 0.478 e. The summed E-state index contributed by atoms with van der Waals surface area (Å²) in [5.74, 6) is 0.618. The molecule has 1 aromatic carbocycles. The van der Waals surface area contributed by atoms with Gasteiger partial charge in [-0.2, -0.15) is 11.8 Å².